The van der Waals surface area contributed by atoms with E-state index in [4.69, 9.17) is 0 Å². The highest BCUT2D eigenvalue weighted by molar-refractivity contribution is 5.80. The molecular formula is C60H117NO5. The lowest BCUT2D eigenvalue weighted by molar-refractivity contribution is -0.132. The Morgan fingerprint density at radius 1 is 0.364 bits per heavy atom. The molecule has 0 aromatic carbocycles. The van der Waals surface area contributed by atoms with Crippen LogP contribution in [0.3, 0.4) is 0 Å². The maximum atomic E-state index is 12.6. The maximum Gasteiger partial charge on any atom is 0.249 e. The summed E-state index contributed by atoms with van der Waals surface area (Å²) in [5.41, 5.74) is 0. The third kappa shape index (κ3) is 47.8. The molecule has 0 spiro atoms. The average Bonchev–Trinajstić information content (AvgIpc) is 3.32. The Morgan fingerprint density at radius 2 is 0.636 bits per heavy atom. The van der Waals surface area contributed by atoms with Crippen LogP contribution in [0, 0.1) is 0 Å². The molecule has 0 fully saturated rings. The van der Waals surface area contributed by atoms with Crippen molar-refractivity contribution in [3.8, 4) is 0 Å². The van der Waals surface area contributed by atoms with E-state index in [1.165, 1.54) is 250 Å². The van der Waals surface area contributed by atoms with E-state index in [1.807, 2.05) is 0 Å². The fraction of sp³-hybridized carbons (Fsp3) is 0.917. The van der Waals surface area contributed by atoms with Crippen molar-refractivity contribution in [1.29, 1.82) is 0 Å². The van der Waals surface area contributed by atoms with Crippen LogP contribution >= 0.6 is 0 Å². The van der Waals surface area contributed by atoms with Gasteiger partial charge < -0.3 is 25.7 Å². The number of carbonyl (C=O) groups excluding carboxylic acids is 1. The van der Waals surface area contributed by atoms with E-state index in [0.717, 1.165) is 38.5 Å². The number of nitrogens with one attached hydrogen (secondary N) is 1. The largest absolute Gasteiger partial charge is 0.394 e. The molecule has 0 aliphatic rings. The molecule has 6 nitrogen and oxygen atoms in total. The Labute approximate surface area is 412 Å². The molecule has 0 bridgehead atoms. The summed E-state index contributed by atoms with van der Waals surface area (Å²) in [7, 11) is 0. The molecular weight excluding hydrogens is 815 g/mol. The number of allylic oxidation sites excluding steroid dienone is 4. The summed E-state index contributed by atoms with van der Waals surface area (Å²) in [6.07, 6.45) is 66.9. The van der Waals surface area contributed by atoms with Crippen molar-refractivity contribution in [3.63, 3.8) is 0 Å². The van der Waals surface area contributed by atoms with Crippen LogP contribution in [-0.2, 0) is 4.79 Å². The van der Waals surface area contributed by atoms with Crippen molar-refractivity contribution in [3.05, 3.63) is 24.3 Å². The number of carbonyl (C=O) groups is 1. The van der Waals surface area contributed by atoms with Crippen LogP contribution in [0.5, 0.6) is 0 Å². The maximum absolute atomic E-state index is 12.6. The summed E-state index contributed by atoms with van der Waals surface area (Å²) in [5, 5.41) is 44.0. The van der Waals surface area contributed by atoms with Gasteiger partial charge in [-0.25, -0.2) is 0 Å². The van der Waals surface area contributed by atoms with Crippen molar-refractivity contribution in [2.45, 2.75) is 346 Å². The Balaban J connectivity index is 3.64. The Bertz CT molecular complexity index is 1000. The van der Waals surface area contributed by atoms with Gasteiger partial charge in [-0.1, -0.05) is 295 Å². The first-order chi connectivity index (χ1) is 32.5. The van der Waals surface area contributed by atoms with Crippen LogP contribution in [0.15, 0.2) is 24.3 Å². The van der Waals surface area contributed by atoms with Crippen LogP contribution in [-0.4, -0.2) is 57.3 Å². The van der Waals surface area contributed by atoms with Crippen molar-refractivity contribution in [2.24, 2.45) is 0 Å². The molecule has 0 heterocycles. The smallest absolute Gasteiger partial charge is 0.249 e. The minimum atomic E-state index is -1.29. The highest BCUT2D eigenvalue weighted by Crippen LogP contribution is 2.18. The molecule has 0 saturated heterocycles. The fourth-order valence-electron chi connectivity index (χ4n) is 9.48. The number of rotatable bonds is 55. The molecule has 6 heteroatoms. The molecule has 0 rings (SSSR count). The second-order valence-electron chi connectivity index (χ2n) is 20.7. The summed E-state index contributed by atoms with van der Waals surface area (Å²) >= 11 is 0. The number of hydrogen-bond acceptors (Lipinski definition) is 5. The SMILES string of the molecule is CCCCCCCCCCCCCCCCCCCCCC/C=C/CC/C=C/CCCC(O)C(O)C(CO)NC(=O)C(O)CCCCCCCCCCCCCCCCCCCCCCC. The number of amides is 1. The van der Waals surface area contributed by atoms with Gasteiger partial charge in [0.1, 0.15) is 12.2 Å². The Morgan fingerprint density at radius 3 is 0.955 bits per heavy atom. The molecule has 0 aliphatic heterocycles. The van der Waals surface area contributed by atoms with Gasteiger partial charge in [0.15, 0.2) is 0 Å². The first-order valence-electron chi connectivity index (χ1n) is 29.7. The summed E-state index contributed by atoms with van der Waals surface area (Å²) in [6, 6.07) is -1.01. The zero-order chi connectivity index (χ0) is 48.1. The number of aliphatic hydroxyl groups is 4. The second-order valence-corrected chi connectivity index (χ2v) is 20.7. The molecule has 0 aliphatic carbocycles. The highest BCUT2D eigenvalue weighted by atomic mass is 16.3. The van der Waals surface area contributed by atoms with Gasteiger partial charge in [-0.05, 0) is 51.4 Å². The highest BCUT2D eigenvalue weighted by Gasteiger charge is 2.28. The van der Waals surface area contributed by atoms with Crippen molar-refractivity contribution >= 4 is 5.91 Å². The van der Waals surface area contributed by atoms with Crippen LogP contribution in [0.1, 0.15) is 322 Å². The van der Waals surface area contributed by atoms with Crippen LogP contribution in [0.2, 0.25) is 0 Å². The lowest BCUT2D eigenvalue weighted by atomic mass is 10.00. The number of aliphatic hydroxyl groups excluding tert-OH is 4. The lowest BCUT2D eigenvalue weighted by Crippen LogP contribution is -2.53. The van der Waals surface area contributed by atoms with E-state index >= 15 is 0 Å². The van der Waals surface area contributed by atoms with Gasteiger partial charge in [0.25, 0.3) is 0 Å². The van der Waals surface area contributed by atoms with Crippen LogP contribution in [0.4, 0.5) is 0 Å². The molecule has 0 aromatic heterocycles. The molecule has 1 amide bonds. The predicted molar refractivity (Wildman–Crippen MR) is 288 cm³/mol. The Hall–Kier alpha value is -1.21. The van der Waals surface area contributed by atoms with Gasteiger partial charge in [0, 0.05) is 0 Å². The molecule has 4 unspecified atom stereocenters. The van der Waals surface area contributed by atoms with E-state index < -0.39 is 36.9 Å². The first kappa shape index (κ1) is 64.8. The lowest BCUT2D eigenvalue weighted by Gasteiger charge is -2.27. The molecule has 4 atom stereocenters. The average molecular weight is 933 g/mol. The van der Waals surface area contributed by atoms with Crippen molar-refractivity contribution in [1.82, 2.24) is 5.32 Å². The molecule has 0 aromatic rings. The quantitative estimate of drug-likeness (QED) is 0.0308. The minimum absolute atomic E-state index is 0.365. The number of unbranched alkanes of at least 4 members (excludes halogenated alkanes) is 42. The third-order valence-corrected chi connectivity index (χ3v) is 14.1. The summed E-state index contributed by atoms with van der Waals surface area (Å²) < 4.78 is 0. The third-order valence-electron chi connectivity index (χ3n) is 14.1. The molecule has 66 heavy (non-hydrogen) atoms. The topological polar surface area (TPSA) is 110 Å². The predicted octanol–water partition coefficient (Wildman–Crippen LogP) is 17.4. The van der Waals surface area contributed by atoms with Crippen LogP contribution < -0.4 is 5.32 Å². The van der Waals surface area contributed by atoms with Gasteiger partial charge in [0.2, 0.25) is 5.91 Å². The van der Waals surface area contributed by atoms with Crippen LogP contribution in [0.25, 0.3) is 0 Å². The van der Waals surface area contributed by atoms with Crippen molar-refractivity contribution in [2.75, 3.05) is 6.61 Å². The Kier molecular flexibility index (Phi) is 53.7. The van der Waals surface area contributed by atoms with Gasteiger partial charge in [-0.2, -0.15) is 0 Å². The van der Waals surface area contributed by atoms with E-state index in [-0.39, 0.29) is 0 Å². The normalized spacial score (nSPS) is 13.8. The van der Waals surface area contributed by atoms with E-state index in [1.54, 1.807) is 0 Å². The van der Waals surface area contributed by atoms with E-state index in [0.29, 0.717) is 19.3 Å². The zero-order valence-corrected chi connectivity index (χ0v) is 44.5. The van der Waals surface area contributed by atoms with Gasteiger partial charge in [0.05, 0.1) is 18.8 Å². The fourth-order valence-corrected chi connectivity index (χ4v) is 9.48. The monoisotopic (exact) mass is 932 g/mol. The molecule has 0 radical (unpaired) electrons. The molecule has 0 saturated carbocycles. The van der Waals surface area contributed by atoms with E-state index in [9.17, 15) is 25.2 Å². The van der Waals surface area contributed by atoms with Gasteiger partial charge in [-0.15, -0.1) is 0 Å². The van der Waals surface area contributed by atoms with Gasteiger partial charge in [-0.3, -0.25) is 4.79 Å². The summed E-state index contributed by atoms with van der Waals surface area (Å²) in [6.45, 7) is 4.08. The zero-order valence-electron chi connectivity index (χ0n) is 44.5. The van der Waals surface area contributed by atoms with Crippen molar-refractivity contribution < 1.29 is 25.2 Å². The standard InChI is InChI=1S/C60H117NO5/c1-3-5-7-9-11-13-15-17-19-21-23-25-26-27-28-29-30-31-32-34-35-37-39-41-43-45-47-49-51-53-57(63)59(65)56(55-62)61-60(66)58(64)54-52-50-48-46-44-42-40-38-36-33-24-22-20-18-16-14-12-10-8-6-4-2/h37,39,45,47,56-59,62-65H,3-36,38,40-44,46,48-55H2,1-2H3,(H,61,66)/b39-37+,47-45+. The summed E-state index contributed by atoms with van der Waals surface area (Å²) in [4.78, 5) is 12.6. The molecule has 5 N–H and O–H groups in total. The van der Waals surface area contributed by atoms with E-state index in [2.05, 4.69) is 43.5 Å². The first-order valence-corrected chi connectivity index (χ1v) is 29.7. The van der Waals surface area contributed by atoms with Gasteiger partial charge >= 0.3 is 0 Å². The summed E-state index contributed by atoms with van der Waals surface area (Å²) in [5.74, 6) is -0.591. The number of hydrogen-bond donors (Lipinski definition) is 5. The minimum Gasteiger partial charge on any atom is -0.394 e. The molecule has 392 valence electrons. The second kappa shape index (κ2) is 54.7.